The average Bonchev–Trinajstić information content (AvgIpc) is 3.84. The number of nitrogens with one attached hydrogen (secondary N) is 2. The van der Waals surface area contributed by atoms with Gasteiger partial charge in [0.2, 0.25) is 11.8 Å². The minimum Gasteiger partial charge on any atom is -0.475 e. The van der Waals surface area contributed by atoms with Gasteiger partial charge in [-0.15, -0.1) is 0 Å². The van der Waals surface area contributed by atoms with Gasteiger partial charge in [-0.3, -0.25) is 4.79 Å². The zero-order valence-electron chi connectivity index (χ0n) is 28.1. The van der Waals surface area contributed by atoms with Gasteiger partial charge in [0.05, 0.1) is 28.5 Å². The number of hydrogen-bond donors (Lipinski definition) is 2. The molecule has 2 heterocycles. The first-order valence-electron chi connectivity index (χ1n) is 16.9. The van der Waals surface area contributed by atoms with Crippen LogP contribution in [0.5, 0.6) is 5.88 Å². The first-order chi connectivity index (χ1) is 23.9. The fourth-order valence-electron chi connectivity index (χ4n) is 7.25. The summed E-state index contributed by atoms with van der Waals surface area (Å²) < 4.78 is 118. The van der Waals surface area contributed by atoms with Gasteiger partial charge in [-0.2, -0.15) is 31.3 Å². The first-order valence-corrected chi connectivity index (χ1v) is 18.3. The van der Waals surface area contributed by atoms with Crippen molar-refractivity contribution in [1.29, 1.82) is 0 Å². The van der Waals surface area contributed by atoms with Crippen molar-refractivity contribution in [3.8, 4) is 17.1 Å². The highest BCUT2D eigenvalue weighted by Crippen LogP contribution is 2.61. The number of rotatable bonds is 7. The van der Waals surface area contributed by atoms with Crippen molar-refractivity contribution in [3.63, 3.8) is 0 Å². The fourth-order valence-corrected chi connectivity index (χ4v) is 8.24. The van der Waals surface area contributed by atoms with Crippen LogP contribution in [0, 0.1) is 19.3 Å². The molecule has 0 saturated heterocycles. The van der Waals surface area contributed by atoms with Crippen LogP contribution in [0.25, 0.3) is 11.3 Å². The van der Waals surface area contributed by atoms with Crippen LogP contribution in [0.1, 0.15) is 72.9 Å². The number of benzene rings is 2. The third kappa shape index (κ3) is 8.27. The molecule has 2 aliphatic carbocycles. The summed E-state index contributed by atoms with van der Waals surface area (Å²) in [6.45, 7) is 3.05. The van der Waals surface area contributed by atoms with Crippen LogP contribution in [-0.2, 0) is 10.0 Å². The molecule has 3 aromatic rings. The highest BCUT2D eigenvalue weighted by Gasteiger charge is 2.64. The van der Waals surface area contributed by atoms with Gasteiger partial charge in [0.1, 0.15) is 6.61 Å². The molecule has 0 spiro atoms. The van der Waals surface area contributed by atoms with Crippen molar-refractivity contribution < 1.29 is 44.3 Å². The van der Waals surface area contributed by atoms with E-state index in [-0.39, 0.29) is 54.3 Å². The molecule has 1 amide bonds. The SMILES string of the molecule is Cc1cccc(C)c1-c1cc2nc(n1)NS(=O)(=O)c1cccc(c1)C(=O)N([C@H]1CC[C@@H](NCCC(F)(F)F)CC1)[C@H](CC1(C(F)(F)F)CC1)CO2. The normalized spacial score (nSPS) is 23.3. The molecule has 4 bridgehead atoms. The number of aromatic nitrogens is 2. The molecule has 1 aromatic heterocycles. The van der Waals surface area contributed by atoms with Gasteiger partial charge in [-0.05, 0) is 88.1 Å². The summed E-state index contributed by atoms with van der Waals surface area (Å²) in [6, 6.07) is 10.3. The monoisotopic (exact) mass is 739 g/mol. The van der Waals surface area contributed by atoms with E-state index in [1.165, 1.54) is 35.2 Å². The summed E-state index contributed by atoms with van der Waals surface area (Å²) in [6.07, 6.45) is -9.16. The predicted octanol–water partition coefficient (Wildman–Crippen LogP) is 7.35. The Balaban J connectivity index is 1.41. The summed E-state index contributed by atoms with van der Waals surface area (Å²) >= 11 is 0. The number of amides is 1. The van der Waals surface area contributed by atoms with E-state index in [0.717, 1.165) is 11.1 Å². The number of carbonyl (C=O) groups excluding carboxylic acids is 1. The first kappa shape index (κ1) is 36.9. The van der Waals surface area contributed by atoms with Crippen LogP contribution in [0.2, 0.25) is 0 Å². The Labute approximate surface area is 292 Å². The van der Waals surface area contributed by atoms with Crippen molar-refractivity contribution in [2.24, 2.45) is 5.41 Å². The zero-order valence-corrected chi connectivity index (χ0v) is 28.9. The summed E-state index contributed by atoms with van der Waals surface area (Å²) in [7, 11) is -4.36. The maximum Gasteiger partial charge on any atom is 0.394 e. The highest BCUT2D eigenvalue weighted by molar-refractivity contribution is 7.92. The molecule has 3 aliphatic rings. The Hall–Kier alpha value is -3.92. The Morgan fingerprint density at radius 1 is 0.961 bits per heavy atom. The zero-order chi connectivity index (χ0) is 36.8. The van der Waals surface area contributed by atoms with Crippen LogP contribution < -0.4 is 14.8 Å². The van der Waals surface area contributed by atoms with Gasteiger partial charge in [-0.25, -0.2) is 18.1 Å². The Morgan fingerprint density at radius 3 is 2.25 bits per heavy atom. The second kappa shape index (κ2) is 13.9. The third-order valence-electron chi connectivity index (χ3n) is 10.1. The standard InChI is InChI=1S/C35H39F6N5O4S/c1-21-5-3-6-22(2)30(21)28-18-29-44-32(43-28)45-51(48,49)27-8-4-7-23(17-27)31(47)46(26(20-50-29)19-33(13-14-33)35(39,40)41)25-11-9-24(10-12-25)42-16-15-34(36,37)38/h3-8,17-18,24-26,42H,9-16,19-20H2,1-2H3,(H,43,44,45)/t24-,25+,26-/m1/s1. The molecule has 0 radical (unpaired) electrons. The molecule has 276 valence electrons. The second-order valence-corrected chi connectivity index (χ2v) is 15.5. The maximum atomic E-state index is 14.5. The molecule has 2 aromatic carbocycles. The van der Waals surface area contributed by atoms with Crippen LogP contribution >= 0.6 is 0 Å². The molecule has 51 heavy (non-hydrogen) atoms. The van der Waals surface area contributed by atoms with E-state index in [0.29, 0.717) is 36.9 Å². The number of aryl methyl sites for hydroxylation is 2. The number of anilines is 1. The number of hydrogen-bond acceptors (Lipinski definition) is 7. The summed E-state index contributed by atoms with van der Waals surface area (Å²) in [5.74, 6) is -1.08. The Kier molecular flexibility index (Phi) is 10.0. The van der Waals surface area contributed by atoms with Crippen LogP contribution in [0.15, 0.2) is 53.4 Å². The van der Waals surface area contributed by atoms with Gasteiger partial charge >= 0.3 is 12.4 Å². The topological polar surface area (TPSA) is 114 Å². The Bertz CT molecular complexity index is 1850. The van der Waals surface area contributed by atoms with Crippen LogP contribution in [-0.4, -0.2) is 72.8 Å². The third-order valence-corrected chi connectivity index (χ3v) is 11.4. The minimum absolute atomic E-state index is 0.0479. The van der Waals surface area contributed by atoms with Crippen molar-refractivity contribution in [1.82, 2.24) is 20.2 Å². The molecular formula is C35H39F6N5O4S. The van der Waals surface area contributed by atoms with E-state index in [2.05, 4.69) is 20.0 Å². The highest BCUT2D eigenvalue weighted by atomic mass is 32.2. The van der Waals surface area contributed by atoms with Crippen molar-refractivity contribution in [3.05, 3.63) is 65.2 Å². The lowest BCUT2D eigenvalue weighted by Crippen LogP contribution is -2.53. The molecule has 2 saturated carbocycles. The number of carbonyl (C=O) groups is 1. The molecule has 1 atom stereocenters. The summed E-state index contributed by atoms with van der Waals surface area (Å²) in [5, 5.41) is 2.91. The van der Waals surface area contributed by atoms with E-state index in [4.69, 9.17) is 4.74 Å². The molecule has 6 rings (SSSR count). The minimum atomic E-state index is -4.54. The van der Waals surface area contributed by atoms with Gasteiger partial charge in [0.15, 0.2) is 0 Å². The number of ether oxygens (including phenoxy) is 1. The predicted molar refractivity (Wildman–Crippen MR) is 177 cm³/mol. The lowest BCUT2D eigenvalue weighted by atomic mass is 9.87. The number of halogens is 6. The molecule has 1 aliphatic heterocycles. The van der Waals surface area contributed by atoms with E-state index in [1.54, 1.807) is 0 Å². The number of nitrogens with zero attached hydrogens (tertiary/aromatic N) is 3. The smallest absolute Gasteiger partial charge is 0.394 e. The average molecular weight is 740 g/mol. The quantitative estimate of drug-likeness (QED) is 0.244. The molecule has 9 nitrogen and oxygen atoms in total. The lowest BCUT2D eigenvalue weighted by molar-refractivity contribution is -0.193. The molecule has 0 unspecified atom stereocenters. The Morgan fingerprint density at radius 2 is 1.63 bits per heavy atom. The van der Waals surface area contributed by atoms with Gasteiger partial charge in [-0.1, -0.05) is 24.3 Å². The van der Waals surface area contributed by atoms with Crippen molar-refractivity contribution in [2.45, 2.75) is 101 Å². The number of alkyl halides is 6. The van der Waals surface area contributed by atoms with E-state index < -0.39 is 58.6 Å². The molecule has 16 heteroatoms. The van der Waals surface area contributed by atoms with Gasteiger partial charge < -0.3 is 15.0 Å². The molecule has 2 N–H and O–H groups in total. The van der Waals surface area contributed by atoms with Crippen molar-refractivity contribution in [2.75, 3.05) is 17.9 Å². The van der Waals surface area contributed by atoms with E-state index >= 15 is 0 Å². The van der Waals surface area contributed by atoms with Crippen molar-refractivity contribution >= 4 is 21.9 Å². The van der Waals surface area contributed by atoms with E-state index in [1.807, 2.05) is 32.0 Å². The maximum absolute atomic E-state index is 14.5. The van der Waals surface area contributed by atoms with E-state index in [9.17, 15) is 39.6 Å². The van der Waals surface area contributed by atoms with Crippen LogP contribution in [0.3, 0.4) is 0 Å². The fraction of sp³-hybridized carbons (Fsp3) is 0.514. The summed E-state index contributed by atoms with van der Waals surface area (Å²) in [5.41, 5.74) is 0.604. The molecule has 2 fully saturated rings. The largest absolute Gasteiger partial charge is 0.475 e. The molecular weight excluding hydrogens is 700 g/mol. The van der Waals surface area contributed by atoms with Gasteiger partial charge in [0, 0.05) is 35.8 Å². The lowest BCUT2D eigenvalue weighted by Gasteiger charge is -2.43. The van der Waals surface area contributed by atoms with Crippen LogP contribution in [0.4, 0.5) is 32.3 Å². The number of fused-ring (bicyclic) bond motifs is 4. The second-order valence-electron chi connectivity index (χ2n) is 13.8. The van der Waals surface area contributed by atoms with Gasteiger partial charge in [0.25, 0.3) is 15.9 Å². The summed E-state index contributed by atoms with van der Waals surface area (Å²) in [4.78, 5) is 24.3. The number of sulfonamides is 1.